The Morgan fingerprint density at radius 1 is 1.09 bits per heavy atom. The average molecular weight is 333 g/mol. The van der Waals surface area contributed by atoms with Crippen LogP contribution in [0.1, 0.15) is 12.8 Å². The molecule has 0 spiro atoms. The standard InChI is InChI=1S/C17H19NO4S/c1-22-17(19)14-9-11-18(12-10-14)23(20,21)16-8-4-6-13-5-2-3-7-15(13)16/h2-8,14H,9-12H2,1H3. The highest BCUT2D eigenvalue weighted by Gasteiger charge is 2.33. The largest absolute Gasteiger partial charge is 0.469 e. The molecule has 5 nitrogen and oxygen atoms in total. The van der Waals surface area contributed by atoms with Crippen molar-refractivity contribution in [3.05, 3.63) is 42.5 Å². The minimum absolute atomic E-state index is 0.209. The van der Waals surface area contributed by atoms with Gasteiger partial charge < -0.3 is 4.74 Å². The van der Waals surface area contributed by atoms with Gasteiger partial charge in [0, 0.05) is 18.5 Å². The quantitative estimate of drug-likeness (QED) is 0.809. The van der Waals surface area contributed by atoms with Gasteiger partial charge in [-0.05, 0) is 24.3 Å². The van der Waals surface area contributed by atoms with Crippen LogP contribution in [0.3, 0.4) is 0 Å². The third kappa shape index (κ3) is 2.96. The van der Waals surface area contributed by atoms with Gasteiger partial charge in [-0.1, -0.05) is 36.4 Å². The molecule has 0 aromatic heterocycles. The molecule has 122 valence electrons. The van der Waals surface area contributed by atoms with Gasteiger partial charge in [0.15, 0.2) is 0 Å². The molecule has 6 heteroatoms. The number of fused-ring (bicyclic) bond motifs is 1. The summed E-state index contributed by atoms with van der Waals surface area (Å²) in [4.78, 5) is 11.9. The van der Waals surface area contributed by atoms with E-state index in [9.17, 15) is 13.2 Å². The normalized spacial score (nSPS) is 17.3. The van der Waals surface area contributed by atoms with Gasteiger partial charge >= 0.3 is 5.97 Å². The first-order valence-electron chi connectivity index (χ1n) is 7.60. The molecule has 0 saturated carbocycles. The van der Waals surface area contributed by atoms with Crippen molar-refractivity contribution in [3.63, 3.8) is 0 Å². The van der Waals surface area contributed by atoms with Gasteiger partial charge in [-0.25, -0.2) is 8.42 Å². The lowest BCUT2D eigenvalue weighted by Crippen LogP contribution is -2.40. The van der Waals surface area contributed by atoms with Gasteiger partial charge in [0.05, 0.1) is 17.9 Å². The smallest absolute Gasteiger partial charge is 0.308 e. The summed E-state index contributed by atoms with van der Waals surface area (Å²) in [6.45, 7) is 0.677. The maximum absolute atomic E-state index is 13.0. The molecule has 1 heterocycles. The summed E-state index contributed by atoms with van der Waals surface area (Å²) in [5.74, 6) is -0.467. The molecule has 0 amide bonds. The van der Waals surface area contributed by atoms with Crippen LogP contribution in [0.5, 0.6) is 0 Å². The molecule has 2 aromatic rings. The first kappa shape index (κ1) is 16.0. The maximum Gasteiger partial charge on any atom is 0.308 e. The molecule has 1 saturated heterocycles. The number of rotatable bonds is 3. The van der Waals surface area contributed by atoms with Crippen molar-refractivity contribution in [2.75, 3.05) is 20.2 Å². The predicted octanol–water partition coefficient (Wildman–Crippen LogP) is 2.41. The molecule has 0 radical (unpaired) electrons. The Morgan fingerprint density at radius 3 is 2.43 bits per heavy atom. The van der Waals surface area contributed by atoms with Gasteiger partial charge in [0.2, 0.25) is 10.0 Å². The highest BCUT2D eigenvalue weighted by atomic mass is 32.2. The summed E-state index contributed by atoms with van der Waals surface area (Å²) in [5.41, 5.74) is 0. The van der Waals surface area contributed by atoms with Crippen molar-refractivity contribution in [2.24, 2.45) is 5.92 Å². The van der Waals surface area contributed by atoms with E-state index in [-0.39, 0.29) is 11.9 Å². The second-order valence-corrected chi connectivity index (χ2v) is 7.59. The number of esters is 1. The molecule has 0 atom stereocenters. The average Bonchev–Trinajstić information content (AvgIpc) is 2.60. The summed E-state index contributed by atoms with van der Waals surface area (Å²) < 4.78 is 32.1. The summed E-state index contributed by atoms with van der Waals surface area (Å²) in [6.07, 6.45) is 0.993. The lowest BCUT2D eigenvalue weighted by molar-refractivity contribution is -0.146. The number of sulfonamides is 1. The van der Waals surface area contributed by atoms with Crippen molar-refractivity contribution in [2.45, 2.75) is 17.7 Å². The highest BCUT2D eigenvalue weighted by molar-refractivity contribution is 7.89. The van der Waals surface area contributed by atoms with Crippen molar-refractivity contribution in [3.8, 4) is 0 Å². The summed E-state index contributed by atoms with van der Waals surface area (Å²) in [6, 6.07) is 12.8. The molecule has 1 fully saturated rings. The zero-order chi connectivity index (χ0) is 16.4. The first-order chi connectivity index (χ1) is 11.0. The number of carbonyl (C=O) groups excluding carboxylic acids is 1. The molecule has 0 bridgehead atoms. The van der Waals surface area contributed by atoms with Crippen molar-refractivity contribution >= 4 is 26.8 Å². The number of hydrogen-bond donors (Lipinski definition) is 0. The number of piperidine rings is 1. The van der Waals surface area contributed by atoms with Crippen LogP contribution in [-0.4, -0.2) is 38.9 Å². The van der Waals surface area contributed by atoms with Crippen LogP contribution in [0.15, 0.2) is 47.4 Å². The minimum atomic E-state index is -3.56. The predicted molar refractivity (Wildman–Crippen MR) is 87.4 cm³/mol. The van der Waals surface area contributed by atoms with E-state index in [1.54, 1.807) is 12.1 Å². The van der Waals surface area contributed by atoms with E-state index in [0.29, 0.717) is 30.8 Å². The summed E-state index contributed by atoms with van der Waals surface area (Å²) in [5, 5.41) is 1.63. The van der Waals surface area contributed by atoms with Crippen LogP contribution < -0.4 is 0 Å². The van der Waals surface area contributed by atoms with E-state index < -0.39 is 10.0 Å². The molecule has 0 aliphatic carbocycles. The molecule has 2 aromatic carbocycles. The number of nitrogens with zero attached hydrogens (tertiary/aromatic N) is 1. The van der Waals surface area contributed by atoms with Gasteiger partial charge in [-0.2, -0.15) is 4.31 Å². The van der Waals surface area contributed by atoms with Gasteiger partial charge in [0.25, 0.3) is 0 Å². The van der Waals surface area contributed by atoms with Crippen LogP contribution in [-0.2, 0) is 19.6 Å². The Labute approximate surface area is 135 Å². The van der Waals surface area contributed by atoms with Crippen LogP contribution in [0, 0.1) is 5.92 Å². The van der Waals surface area contributed by atoms with Gasteiger partial charge in [-0.3, -0.25) is 4.79 Å². The number of ether oxygens (including phenoxy) is 1. The third-order valence-electron chi connectivity index (χ3n) is 4.36. The summed E-state index contributed by atoms with van der Waals surface area (Å²) in [7, 11) is -2.20. The van der Waals surface area contributed by atoms with Gasteiger partial charge in [0.1, 0.15) is 0 Å². The number of carbonyl (C=O) groups is 1. The molecule has 0 unspecified atom stereocenters. The SMILES string of the molecule is COC(=O)C1CCN(S(=O)(=O)c2cccc3ccccc23)CC1. The lowest BCUT2D eigenvalue weighted by atomic mass is 9.99. The Bertz CT molecular complexity index is 818. The van der Waals surface area contributed by atoms with Crippen LogP contribution >= 0.6 is 0 Å². The van der Waals surface area contributed by atoms with Crippen LogP contribution in [0.25, 0.3) is 10.8 Å². The topological polar surface area (TPSA) is 63.7 Å². The summed E-state index contributed by atoms with van der Waals surface area (Å²) >= 11 is 0. The Hall–Kier alpha value is -1.92. The van der Waals surface area contributed by atoms with E-state index in [1.165, 1.54) is 11.4 Å². The highest BCUT2D eigenvalue weighted by Crippen LogP contribution is 2.29. The van der Waals surface area contributed by atoms with E-state index >= 15 is 0 Å². The second-order valence-electron chi connectivity index (χ2n) is 5.68. The van der Waals surface area contributed by atoms with Crippen LogP contribution in [0.4, 0.5) is 0 Å². The monoisotopic (exact) mass is 333 g/mol. The van der Waals surface area contributed by atoms with Crippen LogP contribution in [0.2, 0.25) is 0 Å². The lowest BCUT2D eigenvalue weighted by Gasteiger charge is -2.30. The Kier molecular flexibility index (Phi) is 4.37. The van der Waals surface area contributed by atoms with Gasteiger partial charge in [-0.15, -0.1) is 0 Å². The van der Waals surface area contributed by atoms with E-state index in [4.69, 9.17) is 4.74 Å². The van der Waals surface area contributed by atoms with Crippen molar-refractivity contribution in [1.82, 2.24) is 4.31 Å². The number of hydrogen-bond acceptors (Lipinski definition) is 4. The molecule has 1 aliphatic heterocycles. The fraction of sp³-hybridized carbons (Fsp3) is 0.353. The van der Waals surface area contributed by atoms with E-state index in [2.05, 4.69) is 0 Å². The van der Waals surface area contributed by atoms with E-state index in [1.807, 2.05) is 30.3 Å². The molecule has 0 N–H and O–H groups in total. The fourth-order valence-electron chi connectivity index (χ4n) is 3.06. The zero-order valence-electron chi connectivity index (χ0n) is 12.9. The van der Waals surface area contributed by atoms with Crippen molar-refractivity contribution in [1.29, 1.82) is 0 Å². The minimum Gasteiger partial charge on any atom is -0.469 e. The maximum atomic E-state index is 13.0. The Morgan fingerprint density at radius 2 is 1.74 bits per heavy atom. The first-order valence-corrected chi connectivity index (χ1v) is 9.04. The number of methoxy groups -OCH3 is 1. The molecule has 3 rings (SSSR count). The van der Waals surface area contributed by atoms with Crippen molar-refractivity contribution < 1.29 is 17.9 Å². The molecule has 1 aliphatic rings. The number of benzene rings is 2. The fourth-order valence-corrected chi connectivity index (χ4v) is 4.74. The molecular formula is C17H19NO4S. The molecule has 23 heavy (non-hydrogen) atoms. The van der Waals surface area contributed by atoms with E-state index in [0.717, 1.165) is 10.8 Å². The Balaban J connectivity index is 1.89. The third-order valence-corrected chi connectivity index (χ3v) is 6.31. The zero-order valence-corrected chi connectivity index (χ0v) is 13.8. The molecular weight excluding hydrogens is 314 g/mol. The second kappa shape index (κ2) is 6.29.